The second-order valence-electron chi connectivity index (χ2n) is 7.18. The van der Waals surface area contributed by atoms with Crippen molar-refractivity contribution in [3.05, 3.63) is 62.0 Å². The lowest BCUT2D eigenvalue weighted by molar-refractivity contribution is -0.143. The molecule has 2 rings (SSSR count). The molecule has 0 saturated carbocycles. The van der Waals surface area contributed by atoms with Gasteiger partial charge in [-0.05, 0) is 61.2 Å². The van der Waals surface area contributed by atoms with Crippen LogP contribution < -0.4 is 10.1 Å². The van der Waals surface area contributed by atoms with Gasteiger partial charge < -0.3 is 15.0 Å². The monoisotopic (exact) mass is 528 g/mol. The largest absolute Gasteiger partial charge is 0.484 e. The van der Waals surface area contributed by atoms with Crippen molar-refractivity contribution < 1.29 is 14.3 Å². The lowest BCUT2D eigenvalue weighted by Gasteiger charge is -2.30. The van der Waals surface area contributed by atoms with Crippen molar-refractivity contribution in [2.75, 3.05) is 13.2 Å². The Balaban J connectivity index is 2.23. The van der Waals surface area contributed by atoms with Crippen molar-refractivity contribution >= 4 is 50.9 Å². The topological polar surface area (TPSA) is 58.6 Å². The Bertz CT molecular complexity index is 924. The summed E-state index contributed by atoms with van der Waals surface area (Å²) < 4.78 is 6.69. The van der Waals surface area contributed by atoms with Crippen molar-refractivity contribution in [1.29, 1.82) is 0 Å². The molecule has 0 aliphatic carbocycles. The highest BCUT2D eigenvalue weighted by molar-refractivity contribution is 9.10. The molecule has 0 heterocycles. The molecule has 0 aromatic heterocycles. The number of hydrogen-bond donors (Lipinski definition) is 1. The van der Waals surface area contributed by atoms with Crippen LogP contribution in [0.2, 0.25) is 10.0 Å². The molecule has 2 aromatic rings. The minimum absolute atomic E-state index is 0.181. The van der Waals surface area contributed by atoms with Gasteiger partial charge in [0.05, 0.1) is 10.0 Å². The van der Waals surface area contributed by atoms with Gasteiger partial charge in [0, 0.05) is 17.6 Å². The van der Waals surface area contributed by atoms with E-state index in [9.17, 15) is 9.59 Å². The molecule has 2 amide bonds. The number of hydrogen-bond acceptors (Lipinski definition) is 3. The zero-order valence-corrected chi connectivity index (χ0v) is 21.0. The molecule has 0 saturated heterocycles. The van der Waals surface area contributed by atoms with E-state index in [1.165, 1.54) is 4.90 Å². The van der Waals surface area contributed by atoms with Crippen molar-refractivity contribution in [2.45, 2.75) is 46.2 Å². The van der Waals surface area contributed by atoms with Crippen LogP contribution in [0.1, 0.15) is 37.8 Å². The highest BCUT2D eigenvalue weighted by Crippen LogP contribution is 2.25. The Morgan fingerprint density at radius 1 is 1.13 bits per heavy atom. The quantitative estimate of drug-likeness (QED) is 0.424. The van der Waals surface area contributed by atoms with Crippen molar-refractivity contribution in [2.24, 2.45) is 0 Å². The molecular weight excluding hydrogens is 503 g/mol. The molecule has 0 unspecified atom stereocenters. The Morgan fingerprint density at radius 2 is 1.87 bits per heavy atom. The molecule has 1 N–H and O–H groups in total. The fraction of sp³-hybridized carbons (Fsp3) is 0.391. The first kappa shape index (κ1) is 25.5. The van der Waals surface area contributed by atoms with Gasteiger partial charge in [-0.15, -0.1) is 0 Å². The van der Waals surface area contributed by atoms with Gasteiger partial charge in [-0.2, -0.15) is 0 Å². The van der Waals surface area contributed by atoms with Gasteiger partial charge in [-0.1, -0.05) is 59.0 Å². The van der Waals surface area contributed by atoms with Gasteiger partial charge >= 0.3 is 0 Å². The Labute approximate surface area is 202 Å². The molecule has 5 nitrogen and oxygen atoms in total. The third-order valence-electron chi connectivity index (χ3n) is 4.76. The molecule has 0 fully saturated rings. The smallest absolute Gasteiger partial charge is 0.261 e. The molecule has 8 heteroatoms. The molecule has 31 heavy (non-hydrogen) atoms. The van der Waals surface area contributed by atoms with Gasteiger partial charge in [0.2, 0.25) is 5.91 Å². The summed E-state index contributed by atoms with van der Waals surface area (Å²) in [6, 6.07) is 10.1. The molecule has 1 atom stereocenters. The minimum Gasteiger partial charge on any atom is -0.484 e. The zero-order chi connectivity index (χ0) is 23.0. The number of carbonyl (C=O) groups excluding carboxylic acids is 2. The van der Waals surface area contributed by atoms with Crippen LogP contribution in [0.15, 0.2) is 40.9 Å². The highest BCUT2D eigenvalue weighted by atomic mass is 79.9. The zero-order valence-electron chi connectivity index (χ0n) is 17.9. The van der Waals surface area contributed by atoms with Gasteiger partial charge in [0.25, 0.3) is 5.91 Å². The maximum atomic E-state index is 13.2. The first-order valence-electron chi connectivity index (χ1n) is 10.2. The maximum absolute atomic E-state index is 13.2. The summed E-state index contributed by atoms with van der Waals surface area (Å²) in [6.07, 6.45) is 1.29. The number of nitrogens with zero attached hydrogens (tertiary/aromatic N) is 1. The molecule has 0 radical (unpaired) electrons. The molecule has 168 valence electrons. The minimum atomic E-state index is -0.622. The highest BCUT2D eigenvalue weighted by Gasteiger charge is 2.29. The van der Waals surface area contributed by atoms with Crippen LogP contribution in [0.5, 0.6) is 5.75 Å². The van der Waals surface area contributed by atoms with Gasteiger partial charge in [-0.25, -0.2) is 0 Å². The average Bonchev–Trinajstić information content (AvgIpc) is 2.75. The predicted octanol–water partition coefficient (Wildman–Crippen LogP) is 5.78. The fourth-order valence-electron chi connectivity index (χ4n) is 3.06. The molecular formula is C23H27BrCl2N2O3. The lowest BCUT2D eigenvalue weighted by atomic mass is 10.1. The molecule has 2 aromatic carbocycles. The van der Waals surface area contributed by atoms with Gasteiger partial charge in [0.15, 0.2) is 6.61 Å². The Hall–Kier alpha value is -1.76. The van der Waals surface area contributed by atoms with Crippen LogP contribution in [0, 0.1) is 6.92 Å². The number of rotatable bonds is 10. The van der Waals surface area contributed by atoms with Crippen LogP contribution in [0.3, 0.4) is 0 Å². The van der Waals surface area contributed by atoms with E-state index in [0.29, 0.717) is 28.8 Å². The summed E-state index contributed by atoms with van der Waals surface area (Å²) >= 11 is 15.6. The molecule has 0 bridgehead atoms. The summed E-state index contributed by atoms with van der Waals surface area (Å²) in [6.45, 7) is 6.40. The lowest BCUT2D eigenvalue weighted by Crippen LogP contribution is -2.50. The SMILES string of the molecule is CCCNC(=O)[C@H](CC)N(Cc1ccc(Cl)c(Cl)c1)C(=O)COc1ccc(Br)c(C)c1. The van der Waals surface area contributed by atoms with Crippen molar-refractivity contribution in [3.63, 3.8) is 0 Å². The molecule has 0 spiro atoms. The van der Waals surface area contributed by atoms with E-state index in [1.807, 2.05) is 32.9 Å². The summed E-state index contributed by atoms with van der Waals surface area (Å²) in [5, 5.41) is 3.72. The number of amides is 2. The van der Waals surface area contributed by atoms with E-state index >= 15 is 0 Å². The van der Waals surface area contributed by atoms with E-state index in [4.69, 9.17) is 27.9 Å². The summed E-state index contributed by atoms with van der Waals surface area (Å²) in [5.41, 5.74) is 1.78. The number of ether oxygens (including phenoxy) is 1. The summed E-state index contributed by atoms with van der Waals surface area (Å²) in [7, 11) is 0. The molecule has 0 aliphatic heterocycles. The second-order valence-corrected chi connectivity index (χ2v) is 8.85. The predicted molar refractivity (Wildman–Crippen MR) is 129 cm³/mol. The first-order valence-corrected chi connectivity index (χ1v) is 11.7. The van der Waals surface area contributed by atoms with Crippen LogP contribution in [-0.4, -0.2) is 35.9 Å². The fourth-order valence-corrected chi connectivity index (χ4v) is 3.62. The average molecular weight is 530 g/mol. The normalized spacial score (nSPS) is 11.7. The number of halogens is 3. The second kappa shape index (κ2) is 12.3. The number of nitrogens with one attached hydrogen (secondary N) is 1. The molecule has 0 aliphatic rings. The van der Waals surface area contributed by atoms with Crippen LogP contribution in [0.25, 0.3) is 0 Å². The van der Waals surface area contributed by atoms with E-state index in [-0.39, 0.29) is 25.0 Å². The standard InChI is InChI=1S/C23H27BrCl2N2O3/c1-4-10-27-23(30)21(5-2)28(13-16-6-9-19(25)20(26)12-16)22(29)14-31-17-7-8-18(24)15(3)11-17/h6-9,11-12,21H,4-5,10,13-14H2,1-3H3,(H,27,30)/t21-/m0/s1. The van der Waals surface area contributed by atoms with Gasteiger partial charge in [-0.3, -0.25) is 9.59 Å². The number of benzene rings is 2. The number of carbonyl (C=O) groups is 2. The summed E-state index contributed by atoms with van der Waals surface area (Å²) in [4.78, 5) is 27.4. The van der Waals surface area contributed by atoms with Crippen molar-refractivity contribution in [3.8, 4) is 5.75 Å². The maximum Gasteiger partial charge on any atom is 0.261 e. The third kappa shape index (κ3) is 7.41. The van der Waals surface area contributed by atoms with E-state index in [1.54, 1.807) is 24.3 Å². The number of aryl methyl sites for hydroxylation is 1. The van der Waals surface area contributed by atoms with Crippen LogP contribution >= 0.6 is 39.1 Å². The Morgan fingerprint density at radius 3 is 2.48 bits per heavy atom. The van der Waals surface area contributed by atoms with Crippen LogP contribution in [0.4, 0.5) is 0 Å². The van der Waals surface area contributed by atoms with Crippen LogP contribution in [-0.2, 0) is 16.1 Å². The third-order valence-corrected chi connectivity index (χ3v) is 6.39. The Kier molecular flexibility index (Phi) is 10.1. The summed E-state index contributed by atoms with van der Waals surface area (Å²) in [5.74, 6) is 0.120. The first-order chi connectivity index (χ1) is 14.8. The van der Waals surface area contributed by atoms with Crippen molar-refractivity contribution in [1.82, 2.24) is 10.2 Å². The van der Waals surface area contributed by atoms with E-state index in [2.05, 4.69) is 21.2 Å². The van der Waals surface area contributed by atoms with E-state index in [0.717, 1.165) is 22.0 Å². The van der Waals surface area contributed by atoms with E-state index < -0.39 is 6.04 Å². The van der Waals surface area contributed by atoms with Gasteiger partial charge in [0.1, 0.15) is 11.8 Å².